The zero-order chi connectivity index (χ0) is 13.1. The van der Waals surface area contributed by atoms with Crippen molar-refractivity contribution in [3.8, 4) is 0 Å². The van der Waals surface area contributed by atoms with Crippen molar-refractivity contribution in [3.63, 3.8) is 0 Å². The zero-order valence-corrected chi connectivity index (χ0v) is 12.0. The molecule has 0 bridgehead atoms. The number of benzene rings is 2. The SMILES string of the molecule is CNC(c1cccc(F)c1)c1ccc(C)c(Br)c1. The van der Waals surface area contributed by atoms with Crippen molar-refractivity contribution in [2.24, 2.45) is 0 Å². The van der Waals surface area contributed by atoms with Crippen LogP contribution < -0.4 is 5.32 Å². The predicted octanol–water partition coefficient (Wildman–Crippen LogP) is 4.21. The minimum Gasteiger partial charge on any atom is -0.309 e. The molecule has 1 nitrogen and oxygen atoms in total. The Morgan fingerprint density at radius 2 is 1.83 bits per heavy atom. The Bertz CT molecular complexity index is 554. The lowest BCUT2D eigenvalue weighted by molar-refractivity contribution is 0.616. The molecule has 0 saturated carbocycles. The molecule has 0 fully saturated rings. The van der Waals surface area contributed by atoms with E-state index in [2.05, 4.69) is 39.4 Å². The fourth-order valence-corrected chi connectivity index (χ4v) is 2.40. The van der Waals surface area contributed by atoms with Gasteiger partial charge in [-0.05, 0) is 48.9 Å². The van der Waals surface area contributed by atoms with Crippen LogP contribution in [0.2, 0.25) is 0 Å². The summed E-state index contributed by atoms with van der Waals surface area (Å²) in [4.78, 5) is 0. The van der Waals surface area contributed by atoms with Gasteiger partial charge < -0.3 is 5.32 Å². The third kappa shape index (κ3) is 2.79. The Hall–Kier alpha value is -1.19. The lowest BCUT2D eigenvalue weighted by atomic mass is 9.98. The molecule has 0 saturated heterocycles. The van der Waals surface area contributed by atoms with Crippen molar-refractivity contribution in [2.75, 3.05) is 7.05 Å². The van der Waals surface area contributed by atoms with Crippen LogP contribution in [0.1, 0.15) is 22.7 Å². The molecule has 2 aromatic rings. The molecule has 94 valence electrons. The average molecular weight is 308 g/mol. The molecule has 0 aliphatic carbocycles. The summed E-state index contributed by atoms with van der Waals surface area (Å²) in [5.74, 6) is -0.209. The Morgan fingerprint density at radius 1 is 1.11 bits per heavy atom. The number of halogens is 2. The number of nitrogens with one attached hydrogen (secondary N) is 1. The molecule has 3 heteroatoms. The first-order valence-electron chi connectivity index (χ1n) is 5.80. The van der Waals surface area contributed by atoms with E-state index < -0.39 is 0 Å². The summed E-state index contributed by atoms with van der Waals surface area (Å²) >= 11 is 3.53. The largest absolute Gasteiger partial charge is 0.309 e. The lowest BCUT2D eigenvalue weighted by Crippen LogP contribution is -2.17. The van der Waals surface area contributed by atoms with E-state index in [4.69, 9.17) is 0 Å². The molecule has 1 atom stereocenters. The van der Waals surface area contributed by atoms with Gasteiger partial charge in [-0.2, -0.15) is 0 Å². The third-order valence-corrected chi connectivity index (χ3v) is 3.85. The predicted molar refractivity (Wildman–Crippen MR) is 76.2 cm³/mol. The standard InChI is InChI=1S/C15H15BrFN/c1-10-6-7-12(9-14(10)16)15(18-2)11-4-3-5-13(17)8-11/h3-9,15,18H,1-2H3. The second-order valence-electron chi connectivity index (χ2n) is 4.29. The summed E-state index contributed by atoms with van der Waals surface area (Å²) in [7, 11) is 1.88. The van der Waals surface area contributed by atoms with E-state index in [1.807, 2.05) is 20.0 Å². The van der Waals surface area contributed by atoms with E-state index >= 15 is 0 Å². The van der Waals surface area contributed by atoms with Crippen molar-refractivity contribution in [3.05, 3.63) is 69.4 Å². The number of rotatable bonds is 3. The number of aryl methyl sites for hydroxylation is 1. The fraction of sp³-hybridized carbons (Fsp3) is 0.200. The summed E-state index contributed by atoms with van der Waals surface area (Å²) in [6.45, 7) is 2.05. The summed E-state index contributed by atoms with van der Waals surface area (Å²) in [5, 5.41) is 3.22. The minimum absolute atomic E-state index is 0.00222. The molecule has 0 amide bonds. The third-order valence-electron chi connectivity index (χ3n) is 3.00. The molecule has 0 aromatic heterocycles. The second kappa shape index (κ2) is 5.63. The van der Waals surface area contributed by atoms with E-state index in [-0.39, 0.29) is 11.9 Å². The molecule has 0 aliphatic rings. The Labute approximate surface area is 115 Å². The smallest absolute Gasteiger partial charge is 0.123 e. The van der Waals surface area contributed by atoms with Crippen molar-refractivity contribution < 1.29 is 4.39 Å². The van der Waals surface area contributed by atoms with E-state index in [0.717, 1.165) is 15.6 Å². The maximum atomic E-state index is 13.3. The Morgan fingerprint density at radius 3 is 2.44 bits per heavy atom. The van der Waals surface area contributed by atoms with Crippen molar-refractivity contribution >= 4 is 15.9 Å². The van der Waals surface area contributed by atoms with Gasteiger partial charge in [-0.1, -0.05) is 40.2 Å². The Balaban J connectivity index is 2.42. The second-order valence-corrected chi connectivity index (χ2v) is 5.14. The van der Waals surface area contributed by atoms with Crippen LogP contribution in [-0.2, 0) is 0 Å². The van der Waals surface area contributed by atoms with Crippen molar-refractivity contribution in [1.29, 1.82) is 0 Å². The summed E-state index contributed by atoms with van der Waals surface area (Å²) < 4.78 is 14.4. The fourth-order valence-electron chi connectivity index (χ4n) is 2.00. The van der Waals surface area contributed by atoms with Gasteiger partial charge in [-0.25, -0.2) is 4.39 Å². The van der Waals surface area contributed by atoms with Crippen molar-refractivity contribution in [2.45, 2.75) is 13.0 Å². The van der Waals surface area contributed by atoms with Crippen LogP contribution >= 0.6 is 15.9 Å². The molecule has 0 spiro atoms. The summed E-state index contributed by atoms with van der Waals surface area (Å²) in [5.41, 5.74) is 3.22. The van der Waals surface area contributed by atoms with Gasteiger partial charge in [0.15, 0.2) is 0 Å². The van der Waals surface area contributed by atoms with Crippen LogP contribution in [0.5, 0.6) is 0 Å². The van der Waals surface area contributed by atoms with Crippen molar-refractivity contribution in [1.82, 2.24) is 5.32 Å². The van der Waals surface area contributed by atoms with E-state index in [9.17, 15) is 4.39 Å². The molecule has 0 heterocycles. The van der Waals surface area contributed by atoms with Crippen LogP contribution in [-0.4, -0.2) is 7.05 Å². The molecular formula is C15H15BrFN. The first-order chi connectivity index (χ1) is 8.61. The summed E-state index contributed by atoms with van der Waals surface area (Å²) in [6.07, 6.45) is 0. The first-order valence-corrected chi connectivity index (χ1v) is 6.60. The first kappa shape index (κ1) is 13.2. The highest BCUT2D eigenvalue weighted by Crippen LogP contribution is 2.26. The maximum absolute atomic E-state index is 13.3. The van der Waals surface area contributed by atoms with Gasteiger partial charge in [-0.15, -0.1) is 0 Å². The number of hydrogen-bond donors (Lipinski definition) is 1. The molecule has 0 aliphatic heterocycles. The van der Waals surface area contributed by atoms with Crippen LogP contribution in [0.25, 0.3) is 0 Å². The summed E-state index contributed by atoms with van der Waals surface area (Å²) in [6, 6.07) is 12.9. The van der Waals surface area contributed by atoms with E-state index in [1.165, 1.54) is 11.6 Å². The van der Waals surface area contributed by atoms with Crippen LogP contribution in [0, 0.1) is 12.7 Å². The van der Waals surface area contributed by atoms with Gasteiger partial charge in [-0.3, -0.25) is 0 Å². The minimum atomic E-state index is -0.209. The Kier molecular flexibility index (Phi) is 4.15. The molecule has 1 unspecified atom stereocenters. The van der Waals surface area contributed by atoms with Gasteiger partial charge >= 0.3 is 0 Å². The van der Waals surface area contributed by atoms with Crippen LogP contribution in [0.4, 0.5) is 4.39 Å². The molecule has 0 radical (unpaired) electrons. The quantitative estimate of drug-likeness (QED) is 0.896. The van der Waals surface area contributed by atoms with Gasteiger partial charge in [0.25, 0.3) is 0 Å². The van der Waals surface area contributed by atoms with E-state index in [0.29, 0.717) is 0 Å². The maximum Gasteiger partial charge on any atom is 0.123 e. The van der Waals surface area contributed by atoms with Gasteiger partial charge in [0.05, 0.1) is 6.04 Å². The zero-order valence-electron chi connectivity index (χ0n) is 10.4. The molecule has 1 N–H and O–H groups in total. The normalized spacial score (nSPS) is 12.4. The van der Waals surface area contributed by atoms with Crippen LogP contribution in [0.3, 0.4) is 0 Å². The van der Waals surface area contributed by atoms with E-state index in [1.54, 1.807) is 12.1 Å². The molecule has 2 rings (SSSR count). The lowest BCUT2D eigenvalue weighted by Gasteiger charge is -2.18. The molecule has 18 heavy (non-hydrogen) atoms. The average Bonchev–Trinajstić information content (AvgIpc) is 2.35. The van der Waals surface area contributed by atoms with Crippen LogP contribution in [0.15, 0.2) is 46.9 Å². The monoisotopic (exact) mass is 307 g/mol. The number of hydrogen-bond acceptors (Lipinski definition) is 1. The molecule has 2 aromatic carbocycles. The van der Waals surface area contributed by atoms with Gasteiger partial charge in [0, 0.05) is 4.47 Å². The van der Waals surface area contributed by atoms with Gasteiger partial charge in [0.2, 0.25) is 0 Å². The highest BCUT2D eigenvalue weighted by molar-refractivity contribution is 9.10. The topological polar surface area (TPSA) is 12.0 Å². The highest BCUT2D eigenvalue weighted by Gasteiger charge is 2.13. The highest BCUT2D eigenvalue weighted by atomic mass is 79.9. The molecular weight excluding hydrogens is 293 g/mol. The van der Waals surface area contributed by atoms with Gasteiger partial charge in [0.1, 0.15) is 5.82 Å².